The number of rotatable bonds is 0. The van der Waals surface area contributed by atoms with Crippen LogP contribution in [0.25, 0.3) is 0 Å². The highest BCUT2D eigenvalue weighted by Crippen LogP contribution is 2.34. The van der Waals surface area contributed by atoms with Crippen molar-refractivity contribution in [3.63, 3.8) is 0 Å². The van der Waals surface area contributed by atoms with Crippen molar-refractivity contribution in [1.82, 2.24) is 0 Å². The van der Waals surface area contributed by atoms with E-state index in [9.17, 15) is 0 Å². The summed E-state index contributed by atoms with van der Waals surface area (Å²) >= 11 is 0. The quantitative estimate of drug-likeness (QED) is 0.394. The van der Waals surface area contributed by atoms with Crippen molar-refractivity contribution in [1.29, 1.82) is 0 Å². The molecular weight excluding hydrogens is 84.1 g/mol. The number of allylic oxidation sites excluding steroid dienone is 2. The third kappa shape index (κ3) is 0.282. The average Bonchev–Trinajstić information content (AvgIpc) is 1.85. The molecule has 0 N–H and O–H groups in total. The smallest absolute Gasteiger partial charge is 0.0427 e. The highest BCUT2D eigenvalue weighted by Gasteiger charge is 2.23. The molecule has 1 fully saturated rings. The van der Waals surface area contributed by atoms with Gasteiger partial charge in [-0.2, -0.15) is 0 Å². The van der Waals surface area contributed by atoms with E-state index in [1.165, 1.54) is 12.8 Å². The topological polar surface area (TPSA) is 0 Å². The zero-order chi connectivity index (χ0) is 4.69. The second kappa shape index (κ2) is 0.924. The van der Waals surface area contributed by atoms with Crippen LogP contribution < -0.4 is 0 Å². The van der Waals surface area contributed by atoms with Gasteiger partial charge in [0.1, 0.15) is 0 Å². The van der Waals surface area contributed by atoms with E-state index in [4.69, 9.17) is 0 Å². The summed E-state index contributed by atoms with van der Waals surface area (Å²) in [5, 5.41) is 0. The first-order chi connectivity index (χ1) is 3.47. The summed E-state index contributed by atoms with van der Waals surface area (Å²) < 4.78 is 0. The minimum absolute atomic E-state index is 0.694. The van der Waals surface area contributed by atoms with Crippen LogP contribution in [0.1, 0.15) is 12.8 Å². The fraction of sp³-hybridized carbons (Fsp3) is 0.429. The molecule has 0 aliphatic heterocycles. The van der Waals surface area contributed by atoms with Gasteiger partial charge in [0.2, 0.25) is 0 Å². The highest BCUT2D eigenvalue weighted by molar-refractivity contribution is 5.40. The third-order valence-electron chi connectivity index (χ3n) is 1.68. The maximum Gasteiger partial charge on any atom is 0.0427 e. The lowest BCUT2D eigenvalue weighted by atomic mass is 9.82. The first kappa shape index (κ1) is 3.32. The molecular formula is C7H6. The minimum atomic E-state index is 0.694. The Morgan fingerprint density at radius 1 is 1.71 bits per heavy atom. The van der Waals surface area contributed by atoms with Crippen molar-refractivity contribution >= 4 is 0 Å². The van der Waals surface area contributed by atoms with E-state index >= 15 is 0 Å². The lowest BCUT2D eigenvalue weighted by Crippen LogP contribution is -2.09. The molecule has 2 aliphatic carbocycles. The second-order valence-electron chi connectivity index (χ2n) is 2.10. The SMILES string of the molecule is C1#CC2CCC2=C1. The molecule has 2 aliphatic rings. The first-order valence-electron chi connectivity index (χ1n) is 2.67. The summed E-state index contributed by atoms with van der Waals surface area (Å²) in [6, 6.07) is 0. The van der Waals surface area contributed by atoms with E-state index in [0.717, 1.165) is 0 Å². The molecule has 34 valence electrons. The lowest BCUT2D eigenvalue weighted by Gasteiger charge is -2.20. The molecule has 0 amide bonds. The third-order valence-corrected chi connectivity index (χ3v) is 1.68. The molecule has 0 saturated heterocycles. The standard InChI is InChI=1S/C7H6/c1-2-6-4-5-7(6)3-1/h2,7H,4-5H2. The lowest BCUT2D eigenvalue weighted by molar-refractivity contribution is 0.556. The van der Waals surface area contributed by atoms with Gasteiger partial charge in [-0.15, -0.1) is 0 Å². The van der Waals surface area contributed by atoms with E-state index in [0.29, 0.717) is 5.92 Å². The molecule has 0 spiro atoms. The van der Waals surface area contributed by atoms with Crippen molar-refractivity contribution in [2.45, 2.75) is 12.8 Å². The Morgan fingerprint density at radius 3 is 3.00 bits per heavy atom. The van der Waals surface area contributed by atoms with Crippen LogP contribution in [0, 0.1) is 17.8 Å². The van der Waals surface area contributed by atoms with E-state index in [-0.39, 0.29) is 0 Å². The normalized spacial score (nSPS) is 32.0. The van der Waals surface area contributed by atoms with Gasteiger partial charge in [0.25, 0.3) is 0 Å². The fourth-order valence-corrected chi connectivity index (χ4v) is 1.03. The van der Waals surface area contributed by atoms with Gasteiger partial charge in [-0.1, -0.05) is 11.8 Å². The molecule has 2 rings (SSSR count). The molecule has 1 atom stereocenters. The summed E-state index contributed by atoms with van der Waals surface area (Å²) in [7, 11) is 0. The molecule has 0 heterocycles. The Morgan fingerprint density at radius 2 is 2.71 bits per heavy atom. The Bertz CT molecular complexity index is 176. The van der Waals surface area contributed by atoms with Crippen LogP contribution in [-0.4, -0.2) is 0 Å². The van der Waals surface area contributed by atoms with Crippen LogP contribution in [0.3, 0.4) is 0 Å². The molecule has 0 aromatic rings. The van der Waals surface area contributed by atoms with Gasteiger partial charge >= 0.3 is 0 Å². The maximum absolute atomic E-state index is 3.11. The Labute approximate surface area is 43.2 Å². The van der Waals surface area contributed by atoms with Gasteiger partial charge in [-0.25, -0.2) is 0 Å². The fourth-order valence-electron chi connectivity index (χ4n) is 1.03. The average molecular weight is 90.1 g/mol. The predicted molar refractivity (Wildman–Crippen MR) is 28.6 cm³/mol. The van der Waals surface area contributed by atoms with Crippen molar-refractivity contribution in [3.8, 4) is 11.8 Å². The molecule has 0 nitrogen and oxygen atoms in total. The predicted octanol–water partition coefficient (Wildman–Crippen LogP) is 1.34. The zero-order valence-corrected chi connectivity index (χ0v) is 4.07. The molecule has 0 heteroatoms. The Kier molecular flexibility index (Phi) is 0.438. The van der Waals surface area contributed by atoms with Gasteiger partial charge < -0.3 is 0 Å². The summed E-state index contributed by atoms with van der Waals surface area (Å²) in [5.74, 6) is 6.78. The monoisotopic (exact) mass is 90.0 g/mol. The first-order valence-corrected chi connectivity index (χ1v) is 2.67. The molecule has 1 saturated carbocycles. The summed E-state index contributed by atoms with van der Waals surface area (Å²) in [6.45, 7) is 0. The van der Waals surface area contributed by atoms with Crippen LogP contribution in [0.4, 0.5) is 0 Å². The van der Waals surface area contributed by atoms with E-state index < -0.39 is 0 Å². The largest absolute Gasteiger partial charge is 0.0906 e. The van der Waals surface area contributed by atoms with Crippen molar-refractivity contribution in [3.05, 3.63) is 11.6 Å². The molecule has 7 heavy (non-hydrogen) atoms. The van der Waals surface area contributed by atoms with E-state index in [1.54, 1.807) is 5.57 Å². The molecule has 0 radical (unpaired) electrons. The zero-order valence-electron chi connectivity index (χ0n) is 4.07. The van der Waals surface area contributed by atoms with Crippen LogP contribution in [-0.2, 0) is 0 Å². The Balaban J connectivity index is 2.41. The van der Waals surface area contributed by atoms with Crippen LogP contribution in [0.2, 0.25) is 0 Å². The highest BCUT2D eigenvalue weighted by atomic mass is 14.3. The van der Waals surface area contributed by atoms with Crippen LogP contribution in [0.5, 0.6) is 0 Å². The van der Waals surface area contributed by atoms with Gasteiger partial charge in [-0.05, 0) is 24.5 Å². The molecule has 0 bridgehead atoms. The molecule has 0 aromatic heterocycles. The number of fused-ring (bicyclic) bond motifs is 1. The van der Waals surface area contributed by atoms with Gasteiger partial charge in [-0.3, -0.25) is 0 Å². The molecule has 1 unspecified atom stereocenters. The van der Waals surface area contributed by atoms with Crippen LogP contribution in [0.15, 0.2) is 11.6 Å². The van der Waals surface area contributed by atoms with E-state index in [1.807, 2.05) is 0 Å². The minimum Gasteiger partial charge on any atom is -0.0906 e. The van der Waals surface area contributed by atoms with Crippen molar-refractivity contribution in [2.75, 3.05) is 0 Å². The Hall–Kier alpha value is -0.700. The number of hydrogen-bond donors (Lipinski definition) is 0. The van der Waals surface area contributed by atoms with Gasteiger partial charge in [0.05, 0.1) is 0 Å². The summed E-state index contributed by atoms with van der Waals surface area (Å²) in [5.41, 5.74) is 1.54. The van der Waals surface area contributed by atoms with Crippen molar-refractivity contribution in [2.24, 2.45) is 5.92 Å². The maximum atomic E-state index is 3.11. The van der Waals surface area contributed by atoms with E-state index in [2.05, 4.69) is 17.9 Å². The van der Waals surface area contributed by atoms with Crippen molar-refractivity contribution < 1.29 is 0 Å². The second-order valence-corrected chi connectivity index (χ2v) is 2.10. The number of hydrogen-bond acceptors (Lipinski definition) is 0. The van der Waals surface area contributed by atoms with Crippen LogP contribution >= 0.6 is 0 Å². The van der Waals surface area contributed by atoms with Gasteiger partial charge in [0.15, 0.2) is 0 Å². The summed E-state index contributed by atoms with van der Waals surface area (Å²) in [6.07, 6.45) is 4.68. The molecule has 0 aromatic carbocycles. The summed E-state index contributed by atoms with van der Waals surface area (Å²) in [4.78, 5) is 0. The van der Waals surface area contributed by atoms with Gasteiger partial charge in [0, 0.05) is 5.92 Å².